The van der Waals surface area contributed by atoms with E-state index in [-0.39, 0.29) is 10.7 Å². The molecular formula is C14H19ClN2O2. The predicted octanol–water partition coefficient (Wildman–Crippen LogP) is 3.81. The second-order valence-corrected chi connectivity index (χ2v) is 5.44. The number of carboxylic acid groups (broad SMARTS) is 1. The Morgan fingerprint density at radius 2 is 2.21 bits per heavy atom. The van der Waals surface area contributed by atoms with Gasteiger partial charge in [0.05, 0.1) is 5.02 Å². The summed E-state index contributed by atoms with van der Waals surface area (Å²) < 4.78 is 0. The van der Waals surface area contributed by atoms with Gasteiger partial charge in [0.15, 0.2) is 5.69 Å². The zero-order valence-corrected chi connectivity index (χ0v) is 11.8. The van der Waals surface area contributed by atoms with Crippen molar-refractivity contribution in [3.63, 3.8) is 0 Å². The Bertz CT molecular complexity index is 465. The Hall–Kier alpha value is -1.29. The van der Waals surface area contributed by atoms with E-state index in [1.807, 2.05) is 0 Å². The second kappa shape index (κ2) is 6.24. The molecule has 5 heteroatoms. The molecule has 0 bridgehead atoms. The smallest absolute Gasteiger partial charge is 0.356 e. The number of nitrogens with one attached hydrogen (secondary N) is 1. The molecule has 1 aliphatic rings. The lowest BCUT2D eigenvalue weighted by Crippen LogP contribution is -2.32. The fraction of sp³-hybridized carbons (Fsp3) is 0.571. The Balaban J connectivity index is 2.14. The third-order valence-electron chi connectivity index (χ3n) is 3.82. The van der Waals surface area contributed by atoms with Crippen LogP contribution in [-0.2, 0) is 0 Å². The summed E-state index contributed by atoms with van der Waals surface area (Å²) in [5, 5.41) is 12.6. The van der Waals surface area contributed by atoms with Crippen molar-refractivity contribution < 1.29 is 9.90 Å². The normalized spacial score (nSPS) is 23.1. The Morgan fingerprint density at radius 1 is 1.47 bits per heavy atom. The van der Waals surface area contributed by atoms with Crippen LogP contribution in [0.3, 0.4) is 0 Å². The van der Waals surface area contributed by atoms with Gasteiger partial charge in [-0.2, -0.15) is 0 Å². The van der Waals surface area contributed by atoms with E-state index in [1.165, 1.54) is 19.3 Å². The lowest BCUT2D eigenvalue weighted by molar-refractivity contribution is 0.0691. The summed E-state index contributed by atoms with van der Waals surface area (Å²) in [7, 11) is 0. The summed E-state index contributed by atoms with van der Waals surface area (Å²) in [5.74, 6) is 0.149. The number of nitrogens with zero attached hydrogens (tertiary/aromatic N) is 1. The van der Waals surface area contributed by atoms with Crippen molar-refractivity contribution in [2.75, 3.05) is 5.32 Å². The van der Waals surface area contributed by atoms with Gasteiger partial charge in [-0.25, -0.2) is 9.78 Å². The third-order valence-corrected chi connectivity index (χ3v) is 4.12. The van der Waals surface area contributed by atoms with Crippen molar-refractivity contribution >= 4 is 23.4 Å². The SMILES string of the molecule is CCC1CCCCC1Nc1ccc(Cl)c(C(=O)O)n1. The molecule has 0 aromatic carbocycles. The molecule has 1 fully saturated rings. The van der Waals surface area contributed by atoms with Crippen molar-refractivity contribution in [1.82, 2.24) is 4.98 Å². The van der Waals surface area contributed by atoms with E-state index in [1.54, 1.807) is 12.1 Å². The predicted molar refractivity (Wildman–Crippen MR) is 75.9 cm³/mol. The minimum absolute atomic E-state index is 0.0875. The highest BCUT2D eigenvalue weighted by atomic mass is 35.5. The monoisotopic (exact) mass is 282 g/mol. The maximum atomic E-state index is 11.0. The molecule has 1 aliphatic carbocycles. The summed E-state index contributed by atoms with van der Waals surface area (Å²) in [5.41, 5.74) is -0.0875. The van der Waals surface area contributed by atoms with Crippen LogP contribution < -0.4 is 5.32 Å². The van der Waals surface area contributed by atoms with Crippen LogP contribution in [-0.4, -0.2) is 22.1 Å². The molecule has 4 nitrogen and oxygen atoms in total. The average Bonchev–Trinajstić information content (AvgIpc) is 2.41. The van der Waals surface area contributed by atoms with Crippen LogP contribution in [0.15, 0.2) is 12.1 Å². The zero-order valence-electron chi connectivity index (χ0n) is 11.0. The molecule has 1 heterocycles. The average molecular weight is 283 g/mol. The molecule has 0 spiro atoms. The van der Waals surface area contributed by atoms with Gasteiger partial charge >= 0.3 is 5.97 Å². The highest BCUT2D eigenvalue weighted by Crippen LogP contribution is 2.29. The molecule has 2 rings (SSSR count). The van der Waals surface area contributed by atoms with E-state index in [9.17, 15) is 4.79 Å². The third kappa shape index (κ3) is 3.38. The molecule has 104 valence electrons. The van der Waals surface area contributed by atoms with Crippen LogP contribution >= 0.6 is 11.6 Å². The topological polar surface area (TPSA) is 62.2 Å². The Labute approximate surface area is 118 Å². The molecule has 0 aliphatic heterocycles. The van der Waals surface area contributed by atoms with Crippen LogP contribution in [0.4, 0.5) is 5.82 Å². The van der Waals surface area contributed by atoms with E-state index >= 15 is 0 Å². The van der Waals surface area contributed by atoms with E-state index in [4.69, 9.17) is 16.7 Å². The van der Waals surface area contributed by atoms with Crippen LogP contribution in [0.5, 0.6) is 0 Å². The number of aromatic nitrogens is 1. The Morgan fingerprint density at radius 3 is 2.89 bits per heavy atom. The number of pyridine rings is 1. The summed E-state index contributed by atoms with van der Waals surface area (Å²) in [6, 6.07) is 3.72. The van der Waals surface area contributed by atoms with E-state index in [2.05, 4.69) is 17.2 Å². The maximum absolute atomic E-state index is 11.0. The molecule has 1 aromatic rings. The molecule has 1 aromatic heterocycles. The second-order valence-electron chi connectivity index (χ2n) is 5.04. The van der Waals surface area contributed by atoms with E-state index in [0.717, 1.165) is 12.8 Å². The van der Waals surface area contributed by atoms with Crippen molar-refractivity contribution in [3.05, 3.63) is 22.8 Å². The minimum Gasteiger partial charge on any atom is -0.476 e. The molecule has 2 atom stereocenters. The summed E-state index contributed by atoms with van der Waals surface area (Å²) >= 11 is 5.82. The van der Waals surface area contributed by atoms with Gasteiger partial charge in [0, 0.05) is 6.04 Å². The van der Waals surface area contributed by atoms with Gasteiger partial charge in [0.25, 0.3) is 0 Å². The number of aromatic carboxylic acids is 1. The van der Waals surface area contributed by atoms with Gasteiger partial charge in [0.1, 0.15) is 5.82 Å². The van der Waals surface area contributed by atoms with Crippen LogP contribution in [0.2, 0.25) is 5.02 Å². The number of carboxylic acids is 1. The maximum Gasteiger partial charge on any atom is 0.356 e. The first-order chi connectivity index (χ1) is 9.11. The fourth-order valence-electron chi connectivity index (χ4n) is 2.75. The highest BCUT2D eigenvalue weighted by molar-refractivity contribution is 6.33. The van der Waals surface area contributed by atoms with Gasteiger partial charge in [-0.15, -0.1) is 0 Å². The largest absolute Gasteiger partial charge is 0.476 e. The number of hydrogen-bond acceptors (Lipinski definition) is 3. The lowest BCUT2D eigenvalue weighted by Gasteiger charge is -2.32. The molecule has 0 amide bonds. The first kappa shape index (κ1) is 14.1. The van der Waals surface area contributed by atoms with Gasteiger partial charge in [-0.1, -0.05) is 37.8 Å². The minimum atomic E-state index is -1.09. The summed E-state index contributed by atoms with van der Waals surface area (Å²) in [6.07, 6.45) is 5.98. The first-order valence-electron chi connectivity index (χ1n) is 6.78. The molecular weight excluding hydrogens is 264 g/mol. The van der Waals surface area contributed by atoms with Gasteiger partial charge in [0.2, 0.25) is 0 Å². The van der Waals surface area contributed by atoms with Crippen LogP contribution in [0, 0.1) is 5.92 Å². The van der Waals surface area contributed by atoms with E-state index < -0.39 is 5.97 Å². The van der Waals surface area contributed by atoms with Crippen molar-refractivity contribution in [2.24, 2.45) is 5.92 Å². The number of hydrogen-bond donors (Lipinski definition) is 2. The van der Waals surface area contributed by atoms with Gasteiger partial charge < -0.3 is 10.4 Å². The molecule has 1 saturated carbocycles. The highest BCUT2D eigenvalue weighted by Gasteiger charge is 2.24. The zero-order chi connectivity index (χ0) is 13.8. The molecule has 19 heavy (non-hydrogen) atoms. The van der Waals surface area contributed by atoms with E-state index in [0.29, 0.717) is 17.8 Å². The van der Waals surface area contributed by atoms with Crippen molar-refractivity contribution in [2.45, 2.75) is 45.1 Å². The van der Waals surface area contributed by atoms with Crippen LogP contribution in [0.1, 0.15) is 49.5 Å². The number of anilines is 1. The van der Waals surface area contributed by atoms with Crippen molar-refractivity contribution in [3.8, 4) is 0 Å². The molecule has 0 radical (unpaired) electrons. The quantitative estimate of drug-likeness (QED) is 0.881. The number of rotatable bonds is 4. The van der Waals surface area contributed by atoms with Gasteiger partial charge in [-0.05, 0) is 30.9 Å². The molecule has 0 saturated heterocycles. The molecule has 2 unspecified atom stereocenters. The first-order valence-corrected chi connectivity index (χ1v) is 7.16. The number of carbonyl (C=O) groups is 1. The molecule has 2 N–H and O–H groups in total. The fourth-order valence-corrected chi connectivity index (χ4v) is 2.93. The summed E-state index contributed by atoms with van der Waals surface area (Å²) in [4.78, 5) is 15.1. The van der Waals surface area contributed by atoms with Crippen molar-refractivity contribution in [1.29, 1.82) is 0 Å². The Kier molecular flexibility index (Phi) is 4.64. The van der Waals surface area contributed by atoms with Crippen LogP contribution in [0.25, 0.3) is 0 Å². The lowest BCUT2D eigenvalue weighted by atomic mass is 9.83. The number of halogens is 1. The van der Waals surface area contributed by atoms with Gasteiger partial charge in [-0.3, -0.25) is 0 Å². The summed E-state index contributed by atoms with van der Waals surface area (Å²) in [6.45, 7) is 2.20. The standard InChI is InChI=1S/C14H19ClN2O2/c1-2-9-5-3-4-6-11(9)16-12-8-7-10(15)13(17-12)14(18)19/h7-9,11H,2-6H2,1H3,(H,16,17)(H,18,19).